The summed E-state index contributed by atoms with van der Waals surface area (Å²) in [5.41, 5.74) is 1.99. The third-order valence-electron chi connectivity index (χ3n) is 5.00. The Kier molecular flexibility index (Phi) is 4.74. The van der Waals surface area contributed by atoms with Crippen LogP contribution in [-0.2, 0) is 6.50 Å². The third kappa shape index (κ3) is 4.51. The molecule has 7 nitrogen and oxygen atoms in total. The average Bonchev–Trinajstić information content (AvgIpc) is 3.44. The van der Waals surface area contributed by atoms with Crippen LogP contribution < -0.4 is 15.4 Å². The van der Waals surface area contributed by atoms with Crippen molar-refractivity contribution in [2.75, 3.05) is 10.6 Å². The number of ether oxygens (including phenoxy) is 1. The van der Waals surface area contributed by atoms with Gasteiger partial charge in [0.25, 0.3) is 0 Å². The molecule has 0 bridgehead atoms. The van der Waals surface area contributed by atoms with E-state index in [1.165, 1.54) is 16.7 Å². The number of pyridine rings is 1. The largest absolute Gasteiger partial charge is 0.573 e. The molecule has 172 valence electrons. The van der Waals surface area contributed by atoms with Crippen molar-refractivity contribution < 1.29 is 25.4 Å². The lowest BCUT2D eigenvalue weighted by Crippen LogP contribution is -2.20. The minimum Gasteiger partial charge on any atom is -0.406 e. The van der Waals surface area contributed by atoms with Crippen molar-refractivity contribution in [3.05, 3.63) is 84.8 Å². The second-order valence-electron chi connectivity index (χ2n) is 7.29. The molecule has 0 aliphatic rings. The lowest BCUT2D eigenvalue weighted by atomic mass is 10.2. The summed E-state index contributed by atoms with van der Waals surface area (Å²) in [7, 11) is 0. The van der Waals surface area contributed by atoms with E-state index in [1.807, 2.05) is 0 Å². The van der Waals surface area contributed by atoms with E-state index in [-0.39, 0.29) is 5.69 Å². The van der Waals surface area contributed by atoms with E-state index in [0.29, 0.717) is 33.2 Å². The number of halogens is 3. The predicted molar refractivity (Wildman–Crippen MR) is 123 cm³/mol. The zero-order valence-corrected chi connectivity index (χ0v) is 17.4. The summed E-state index contributed by atoms with van der Waals surface area (Å²) < 4.78 is 60.4. The maximum atomic E-state index is 12.6. The highest BCUT2D eigenvalue weighted by Gasteiger charge is 2.31. The van der Waals surface area contributed by atoms with Gasteiger partial charge in [0.1, 0.15) is 11.4 Å². The number of carbonyl (C=O) groups is 1. The van der Waals surface area contributed by atoms with Crippen LogP contribution in [0, 0.1) is 0 Å². The van der Waals surface area contributed by atoms with Crippen molar-refractivity contribution in [2.24, 2.45) is 0 Å². The summed E-state index contributed by atoms with van der Waals surface area (Å²) in [6, 6.07) is 14.4. The van der Waals surface area contributed by atoms with Gasteiger partial charge in [-0.25, -0.2) is 9.78 Å². The molecule has 0 fully saturated rings. The van der Waals surface area contributed by atoms with E-state index in [2.05, 4.69) is 25.3 Å². The minimum absolute atomic E-state index is 0.100. The highest BCUT2D eigenvalue weighted by molar-refractivity contribution is 6.05. The van der Waals surface area contributed by atoms with E-state index in [9.17, 15) is 18.0 Å². The van der Waals surface area contributed by atoms with Crippen LogP contribution in [0.1, 0.15) is 8.30 Å². The highest BCUT2D eigenvalue weighted by atomic mass is 19.4. The lowest BCUT2D eigenvalue weighted by Gasteiger charge is -2.12. The standard InChI is InChI=1S/C24H18F3N5O2/c25-24(26,27)34-17-5-1-4-16(12-17)30-23(33)31-20-7-2-8-21-19(20)9-11-32(21)14-15-13-29-22-18(15)6-3-10-28-22/h1-13H,14H2,(H,28,29)(H2,30,31,33)/i14D2. The predicted octanol–water partition coefficient (Wildman–Crippen LogP) is 6.11. The number of carbonyl (C=O) groups excluding carboxylic acids is 1. The number of anilines is 2. The molecular weight excluding hydrogens is 447 g/mol. The van der Waals surface area contributed by atoms with Gasteiger partial charge in [0, 0.05) is 47.6 Å². The van der Waals surface area contributed by atoms with Crippen LogP contribution in [0.25, 0.3) is 21.9 Å². The summed E-state index contributed by atoms with van der Waals surface area (Å²) in [5, 5.41) is 6.36. The number of aromatic amines is 1. The summed E-state index contributed by atoms with van der Waals surface area (Å²) in [4.78, 5) is 19.8. The molecule has 0 saturated carbocycles. The van der Waals surface area contributed by atoms with Gasteiger partial charge in [-0.2, -0.15) is 0 Å². The molecule has 2 amide bonds. The summed E-state index contributed by atoms with van der Waals surface area (Å²) in [6.45, 7) is -1.94. The number of aromatic nitrogens is 3. The smallest absolute Gasteiger partial charge is 0.406 e. The number of urea groups is 1. The maximum Gasteiger partial charge on any atom is 0.573 e. The molecule has 5 aromatic rings. The SMILES string of the molecule is [2H]C([2H])(c1c[nH]c2ncccc12)n1ccc2c(NC(=O)Nc3cccc(OC(F)(F)F)c3)cccc21. The minimum atomic E-state index is -4.85. The Hall–Kier alpha value is -4.47. The van der Waals surface area contributed by atoms with Crippen molar-refractivity contribution in [3.8, 4) is 5.75 Å². The van der Waals surface area contributed by atoms with Crippen molar-refractivity contribution >= 4 is 39.3 Å². The fourth-order valence-electron chi connectivity index (χ4n) is 3.61. The number of alkyl halides is 3. The van der Waals surface area contributed by atoms with Gasteiger partial charge >= 0.3 is 12.4 Å². The van der Waals surface area contributed by atoms with Gasteiger partial charge in [0.2, 0.25) is 0 Å². The fourth-order valence-corrected chi connectivity index (χ4v) is 3.61. The van der Waals surface area contributed by atoms with Gasteiger partial charge in [-0.3, -0.25) is 0 Å². The Morgan fingerprint density at radius 1 is 1.09 bits per heavy atom. The number of amides is 2. The highest BCUT2D eigenvalue weighted by Crippen LogP contribution is 2.28. The van der Waals surface area contributed by atoms with Crippen LogP contribution in [0.15, 0.2) is 79.3 Å². The van der Waals surface area contributed by atoms with Crippen molar-refractivity contribution in [1.29, 1.82) is 0 Å². The van der Waals surface area contributed by atoms with E-state index >= 15 is 0 Å². The molecule has 2 aromatic carbocycles. The number of rotatable bonds is 5. The molecule has 0 unspecified atom stereocenters. The molecule has 0 saturated heterocycles. The second-order valence-corrected chi connectivity index (χ2v) is 7.29. The number of benzene rings is 2. The third-order valence-corrected chi connectivity index (χ3v) is 5.00. The first kappa shape index (κ1) is 19.0. The van der Waals surface area contributed by atoms with Crippen LogP contribution in [0.2, 0.25) is 0 Å². The quantitative estimate of drug-likeness (QED) is 0.292. The molecule has 34 heavy (non-hydrogen) atoms. The van der Waals surface area contributed by atoms with Crippen LogP contribution >= 0.6 is 0 Å². The zero-order chi connectivity index (χ0) is 25.5. The molecule has 0 radical (unpaired) electrons. The first-order valence-electron chi connectivity index (χ1n) is 11.1. The number of fused-ring (bicyclic) bond motifs is 2. The Morgan fingerprint density at radius 3 is 2.79 bits per heavy atom. The van der Waals surface area contributed by atoms with E-state index in [4.69, 9.17) is 2.74 Å². The summed E-state index contributed by atoms with van der Waals surface area (Å²) in [5.74, 6) is -0.464. The van der Waals surface area contributed by atoms with Gasteiger partial charge in [0.15, 0.2) is 0 Å². The van der Waals surface area contributed by atoms with E-state index in [1.54, 1.807) is 55.0 Å². The molecule has 5 rings (SSSR count). The monoisotopic (exact) mass is 467 g/mol. The Labute approximate surface area is 194 Å². The Morgan fingerprint density at radius 2 is 1.94 bits per heavy atom. The maximum absolute atomic E-state index is 12.6. The molecule has 0 atom stereocenters. The van der Waals surface area contributed by atoms with E-state index in [0.717, 1.165) is 12.1 Å². The molecule has 0 aliphatic carbocycles. The molecule has 10 heteroatoms. The van der Waals surface area contributed by atoms with Crippen molar-refractivity contribution in [1.82, 2.24) is 14.5 Å². The van der Waals surface area contributed by atoms with Gasteiger partial charge in [-0.05, 0) is 48.0 Å². The van der Waals surface area contributed by atoms with E-state index < -0.39 is 24.6 Å². The topological polar surface area (TPSA) is 84.0 Å². The normalized spacial score (nSPS) is 12.9. The number of hydrogen-bond acceptors (Lipinski definition) is 3. The summed E-state index contributed by atoms with van der Waals surface area (Å²) >= 11 is 0. The van der Waals surface area contributed by atoms with Crippen LogP contribution in [0.3, 0.4) is 0 Å². The first-order chi connectivity index (χ1) is 17.1. The van der Waals surface area contributed by atoms with Crippen LogP contribution in [-0.4, -0.2) is 26.9 Å². The second kappa shape index (κ2) is 8.47. The van der Waals surface area contributed by atoms with Gasteiger partial charge in [-0.15, -0.1) is 13.2 Å². The van der Waals surface area contributed by atoms with Gasteiger partial charge in [0.05, 0.1) is 13.9 Å². The van der Waals surface area contributed by atoms with Crippen LogP contribution in [0.4, 0.5) is 29.3 Å². The first-order valence-corrected chi connectivity index (χ1v) is 10.1. The average molecular weight is 467 g/mol. The number of nitrogens with zero attached hydrogens (tertiary/aromatic N) is 2. The fraction of sp³-hybridized carbons (Fsp3) is 0.0833. The molecule has 3 heterocycles. The number of nitrogens with one attached hydrogen (secondary N) is 3. The van der Waals surface area contributed by atoms with Crippen molar-refractivity contribution in [3.63, 3.8) is 0 Å². The van der Waals surface area contributed by atoms with Crippen molar-refractivity contribution in [2.45, 2.75) is 12.9 Å². The van der Waals surface area contributed by atoms with Gasteiger partial charge < -0.3 is 24.9 Å². The molecule has 0 aliphatic heterocycles. The Balaban J connectivity index is 1.40. The molecule has 3 N–H and O–H groups in total. The zero-order valence-electron chi connectivity index (χ0n) is 19.4. The Bertz CT molecular complexity index is 1580. The molecule has 0 spiro atoms. The number of H-pyrrole nitrogens is 1. The van der Waals surface area contributed by atoms with Crippen LogP contribution in [0.5, 0.6) is 5.75 Å². The summed E-state index contributed by atoms with van der Waals surface area (Å²) in [6.07, 6.45) is -0.0692. The number of hydrogen-bond donors (Lipinski definition) is 3. The lowest BCUT2D eigenvalue weighted by molar-refractivity contribution is -0.274. The van der Waals surface area contributed by atoms with Gasteiger partial charge in [-0.1, -0.05) is 12.1 Å². The molecular formula is C24H18F3N5O2. The molecule has 3 aromatic heterocycles.